The van der Waals surface area contributed by atoms with Crippen molar-refractivity contribution in [3.63, 3.8) is 0 Å². The highest BCUT2D eigenvalue weighted by Gasteiger charge is 2.32. The maximum absolute atomic E-state index is 12.3. The highest BCUT2D eigenvalue weighted by atomic mass is 16.5. The summed E-state index contributed by atoms with van der Waals surface area (Å²) in [6, 6.07) is 7.25. The molecule has 2 heterocycles. The highest BCUT2D eigenvalue weighted by Crippen LogP contribution is 2.36. The molecule has 0 saturated heterocycles. The Kier molecular flexibility index (Phi) is 3.75. The Balaban J connectivity index is 1.74. The fourth-order valence-corrected chi connectivity index (χ4v) is 2.67. The number of rotatable bonds is 3. The summed E-state index contributed by atoms with van der Waals surface area (Å²) in [4.78, 5) is 12.3. The summed E-state index contributed by atoms with van der Waals surface area (Å²) in [5, 5.41) is 9.66. The van der Waals surface area contributed by atoms with Gasteiger partial charge in [0, 0.05) is 12.0 Å². The first kappa shape index (κ1) is 14.4. The Morgan fingerprint density at radius 3 is 2.91 bits per heavy atom. The Hall–Kier alpha value is -2.50. The van der Waals surface area contributed by atoms with Crippen LogP contribution in [0.3, 0.4) is 0 Å². The predicted molar refractivity (Wildman–Crippen MR) is 82.0 cm³/mol. The molecule has 2 N–H and O–H groups in total. The Morgan fingerprint density at radius 2 is 2.14 bits per heavy atom. The van der Waals surface area contributed by atoms with Crippen LogP contribution in [0.4, 0.5) is 10.5 Å². The van der Waals surface area contributed by atoms with E-state index in [-0.39, 0.29) is 18.2 Å². The third kappa shape index (κ3) is 2.52. The summed E-state index contributed by atoms with van der Waals surface area (Å²) in [5.41, 5.74) is 2.30. The fourth-order valence-electron chi connectivity index (χ4n) is 2.67. The lowest BCUT2D eigenvalue weighted by Crippen LogP contribution is -2.37. The Morgan fingerprint density at radius 1 is 1.36 bits per heavy atom. The molecule has 22 heavy (non-hydrogen) atoms. The normalized spacial score (nSPS) is 19.4. The summed E-state index contributed by atoms with van der Waals surface area (Å²) in [5.74, 6) is 1.49. The maximum atomic E-state index is 12.3. The number of aromatic nitrogens is 1. The molecule has 0 unspecified atom stereocenters. The number of nitrogens with one attached hydrogen (secondary N) is 2. The largest absolute Gasteiger partial charge is 0.488 e. The van der Waals surface area contributed by atoms with Crippen molar-refractivity contribution < 1.29 is 14.1 Å². The topological polar surface area (TPSA) is 76.4 Å². The maximum Gasteiger partial charge on any atom is 0.320 e. The van der Waals surface area contributed by atoms with Crippen molar-refractivity contribution >= 4 is 11.7 Å². The van der Waals surface area contributed by atoms with Crippen LogP contribution in [0.2, 0.25) is 0 Å². The molecule has 2 amide bonds. The molecule has 6 nitrogen and oxygen atoms in total. The first-order chi connectivity index (χ1) is 10.6. The van der Waals surface area contributed by atoms with Gasteiger partial charge < -0.3 is 19.9 Å². The van der Waals surface area contributed by atoms with Gasteiger partial charge >= 0.3 is 6.03 Å². The van der Waals surface area contributed by atoms with E-state index in [0.29, 0.717) is 23.6 Å². The average Bonchev–Trinajstić information content (AvgIpc) is 3.01. The minimum atomic E-state index is -0.293. The molecule has 3 rings (SSSR count). The van der Waals surface area contributed by atoms with Crippen molar-refractivity contribution in [3.05, 3.63) is 41.3 Å². The lowest BCUT2D eigenvalue weighted by Gasteiger charge is -2.17. The molecule has 0 fully saturated rings. The quantitative estimate of drug-likeness (QED) is 0.912. The Labute approximate surface area is 128 Å². The number of hydrogen-bond acceptors (Lipinski definition) is 4. The molecule has 0 bridgehead atoms. The van der Waals surface area contributed by atoms with Gasteiger partial charge in [-0.25, -0.2) is 4.79 Å². The fraction of sp³-hybridized carbons (Fsp3) is 0.375. The van der Waals surface area contributed by atoms with Gasteiger partial charge in [0.2, 0.25) is 0 Å². The summed E-state index contributed by atoms with van der Waals surface area (Å²) in [6.07, 6.45) is 0.555. The first-order valence-corrected chi connectivity index (χ1v) is 7.38. The molecule has 1 aliphatic heterocycles. The van der Waals surface area contributed by atoms with Gasteiger partial charge in [-0.1, -0.05) is 30.3 Å². The van der Waals surface area contributed by atoms with E-state index in [0.717, 1.165) is 11.3 Å². The summed E-state index contributed by atoms with van der Waals surface area (Å²) in [7, 11) is 0. The number of aryl methyl sites for hydroxylation is 2. The molecule has 1 aliphatic rings. The van der Waals surface area contributed by atoms with E-state index in [4.69, 9.17) is 9.26 Å². The smallest absolute Gasteiger partial charge is 0.320 e. The van der Waals surface area contributed by atoms with E-state index in [1.165, 1.54) is 0 Å². The molecule has 6 heteroatoms. The van der Waals surface area contributed by atoms with Crippen LogP contribution in [0.25, 0.3) is 0 Å². The second-order valence-electron chi connectivity index (χ2n) is 5.36. The van der Waals surface area contributed by atoms with Crippen LogP contribution in [-0.4, -0.2) is 17.3 Å². The SMILES string of the molecule is CCc1onc(C)c1NC(=O)N[C@H]1c2ccccc2O[C@H]1C. The van der Waals surface area contributed by atoms with Gasteiger partial charge in [0.25, 0.3) is 0 Å². The first-order valence-electron chi connectivity index (χ1n) is 7.38. The van der Waals surface area contributed by atoms with Gasteiger partial charge in [0.15, 0.2) is 5.76 Å². The number of nitrogens with zero attached hydrogens (tertiary/aromatic N) is 1. The number of carbonyl (C=O) groups is 1. The van der Waals surface area contributed by atoms with Crippen molar-refractivity contribution in [1.29, 1.82) is 0 Å². The number of hydrogen-bond donors (Lipinski definition) is 2. The van der Waals surface area contributed by atoms with Crippen LogP contribution in [0.1, 0.15) is 36.9 Å². The van der Waals surface area contributed by atoms with Gasteiger partial charge in [0.05, 0.1) is 6.04 Å². The number of ether oxygens (including phenoxy) is 1. The van der Waals surface area contributed by atoms with Crippen LogP contribution in [0.15, 0.2) is 28.8 Å². The van der Waals surface area contributed by atoms with Gasteiger partial charge in [0.1, 0.15) is 23.2 Å². The summed E-state index contributed by atoms with van der Waals surface area (Å²) < 4.78 is 10.9. The van der Waals surface area contributed by atoms with Gasteiger partial charge in [-0.3, -0.25) is 0 Å². The molecule has 0 radical (unpaired) electrons. The van der Waals surface area contributed by atoms with E-state index in [1.807, 2.05) is 38.1 Å². The zero-order valence-electron chi connectivity index (χ0n) is 12.8. The zero-order valence-corrected chi connectivity index (χ0v) is 12.8. The van der Waals surface area contributed by atoms with E-state index >= 15 is 0 Å². The molecule has 1 aromatic heterocycles. The minimum Gasteiger partial charge on any atom is -0.488 e. The second-order valence-corrected chi connectivity index (χ2v) is 5.36. The van der Waals surface area contributed by atoms with Crippen molar-refractivity contribution in [2.24, 2.45) is 0 Å². The van der Waals surface area contributed by atoms with Crippen molar-refractivity contribution in [2.75, 3.05) is 5.32 Å². The monoisotopic (exact) mass is 301 g/mol. The van der Waals surface area contributed by atoms with Gasteiger partial charge in [-0.2, -0.15) is 0 Å². The zero-order chi connectivity index (χ0) is 15.7. The lowest BCUT2D eigenvalue weighted by molar-refractivity contribution is 0.204. The molecule has 0 spiro atoms. The van der Waals surface area contributed by atoms with Crippen LogP contribution in [0, 0.1) is 6.92 Å². The number of fused-ring (bicyclic) bond motifs is 1. The standard InChI is InChI=1S/C16H19N3O3/c1-4-12-14(9(2)19-22-12)17-16(20)18-15-10(3)21-13-8-6-5-7-11(13)15/h5-8,10,15H,4H2,1-3H3,(H2,17,18,20)/t10-,15+/m0/s1. The third-order valence-electron chi connectivity index (χ3n) is 3.82. The van der Waals surface area contributed by atoms with Crippen LogP contribution < -0.4 is 15.4 Å². The van der Waals surface area contributed by atoms with E-state index in [2.05, 4.69) is 15.8 Å². The number of amides is 2. The lowest BCUT2D eigenvalue weighted by atomic mass is 10.1. The van der Waals surface area contributed by atoms with E-state index < -0.39 is 0 Å². The van der Waals surface area contributed by atoms with Crippen molar-refractivity contribution in [3.8, 4) is 5.75 Å². The number of para-hydroxylation sites is 1. The second kappa shape index (κ2) is 5.71. The molecule has 2 atom stereocenters. The highest BCUT2D eigenvalue weighted by molar-refractivity contribution is 5.90. The summed E-state index contributed by atoms with van der Waals surface area (Å²) in [6.45, 7) is 5.69. The molecule has 116 valence electrons. The molecular weight excluding hydrogens is 282 g/mol. The molecule has 0 saturated carbocycles. The number of anilines is 1. The van der Waals surface area contributed by atoms with Gasteiger partial charge in [-0.05, 0) is 19.9 Å². The molecule has 1 aromatic carbocycles. The number of urea groups is 1. The average molecular weight is 301 g/mol. The van der Waals surface area contributed by atoms with Gasteiger partial charge in [-0.15, -0.1) is 0 Å². The van der Waals surface area contributed by atoms with E-state index in [9.17, 15) is 4.79 Å². The molecule has 2 aromatic rings. The number of carbonyl (C=O) groups excluding carboxylic acids is 1. The molecular formula is C16H19N3O3. The third-order valence-corrected chi connectivity index (χ3v) is 3.82. The number of benzene rings is 1. The molecule has 0 aliphatic carbocycles. The summed E-state index contributed by atoms with van der Waals surface area (Å²) >= 11 is 0. The predicted octanol–water partition coefficient (Wildman–Crippen LogP) is 3.19. The van der Waals surface area contributed by atoms with Crippen LogP contribution >= 0.6 is 0 Å². The Bertz CT molecular complexity index is 696. The van der Waals surface area contributed by atoms with Crippen LogP contribution in [-0.2, 0) is 6.42 Å². The minimum absolute atomic E-state index is 0.114. The van der Waals surface area contributed by atoms with E-state index in [1.54, 1.807) is 6.92 Å². The van der Waals surface area contributed by atoms with Crippen molar-refractivity contribution in [2.45, 2.75) is 39.3 Å². The van der Waals surface area contributed by atoms with Crippen molar-refractivity contribution in [1.82, 2.24) is 10.5 Å². The van der Waals surface area contributed by atoms with Crippen LogP contribution in [0.5, 0.6) is 5.75 Å².